The summed E-state index contributed by atoms with van der Waals surface area (Å²) < 4.78 is 4.99. The molecule has 2 rings (SSSR count). The van der Waals surface area contributed by atoms with Crippen LogP contribution in [0.4, 0.5) is 4.79 Å². The molecule has 0 saturated carbocycles. The molecule has 1 saturated heterocycles. The number of carbonyl (C=O) groups excluding carboxylic acids is 2. The van der Waals surface area contributed by atoms with E-state index in [1.807, 2.05) is 0 Å². The van der Waals surface area contributed by atoms with E-state index >= 15 is 0 Å². The van der Waals surface area contributed by atoms with Crippen molar-refractivity contribution >= 4 is 11.9 Å². The first kappa shape index (κ1) is 12.2. The number of urea groups is 1. The molecule has 0 aliphatic carbocycles. The Hall–Kier alpha value is -2.24. The molecule has 1 aromatic carbocycles. The fourth-order valence-electron chi connectivity index (χ4n) is 2.02. The number of hydrogen-bond acceptors (Lipinski definition) is 4. The number of methoxy groups -OCH3 is 1. The van der Waals surface area contributed by atoms with Crippen LogP contribution >= 0.6 is 0 Å². The highest BCUT2D eigenvalue weighted by molar-refractivity contribution is 6.04. The standard InChI is InChI=1S/C12H14N2O4/c1-13-10(11(16)14(2)12(13)17)7-4-5-8(15)9(6-7)18-3/h4-6,10,15H,1-3H3. The van der Waals surface area contributed by atoms with E-state index in [1.54, 1.807) is 19.2 Å². The molecule has 1 fully saturated rings. The number of aromatic hydroxyl groups is 1. The number of phenols is 1. The number of rotatable bonds is 2. The molecule has 0 radical (unpaired) electrons. The van der Waals surface area contributed by atoms with Gasteiger partial charge in [-0.25, -0.2) is 4.79 Å². The normalized spacial score (nSPS) is 19.6. The van der Waals surface area contributed by atoms with Crippen molar-refractivity contribution in [3.05, 3.63) is 23.8 Å². The highest BCUT2D eigenvalue weighted by Gasteiger charge is 2.41. The predicted octanol–water partition coefficient (Wildman–Crippen LogP) is 0.966. The lowest BCUT2D eigenvalue weighted by Gasteiger charge is -2.17. The molecular weight excluding hydrogens is 236 g/mol. The number of likely N-dealkylation sites (N-methyl/N-ethyl adjacent to an activating group) is 2. The molecule has 1 N–H and O–H groups in total. The van der Waals surface area contributed by atoms with Crippen molar-refractivity contribution in [3.8, 4) is 11.5 Å². The van der Waals surface area contributed by atoms with Gasteiger partial charge in [-0.1, -0.05) is 6.07 Å². The Morgan fingerprint density at radius 2 is 1.94 bits per heavy atom. The van der Waals surface area contributed by atoms with Crippen LogP contribution in [0.2, 0.25) is 0 Å². The number of carbonyl (C=O) groups is 2. The van der Waals surface area contributed by atoms with Crippen molar-refractivity contribution in [1.29, 1.82) is 0 Å². The lowest BCUT2D eigenvalue weighted by atomic mass is 10.1. The minimum absolute atomic E-state index is 0.00553. The molecule has 0 spiro atoms. The summed E-state index contributed by atoms with van der Waals surface area (Å²) in [5, 5.41) is 9.51. The molecular formula is C12H14N2O4. The quantitative estimate of drug-likeness (QED) is 0.794. The lowest BCUT2D eigenvalue weighted by molar-refractivity contribution is -0.127. The van der Waals surface area contributed by atoms with Crippen LogP contribution in [0, 0.1) is 0 Å². The summed E-state index contributed by atoms with van der Waals surface area (Å²) in [5.41, 5.74) is 0.606. The molecule has 1 aliphatic rings. The highest BCUT2D eigenvalue weighted by atomic mass is 16.5. The number of hydrogen-bond donors (Lipinski definition) is 1. The summed E-state index contributed by atoms with van der Waals surface area (Å²) in [6, 6.07) is 3.58. The topological polar surface area (TPSA) is 70.1 Å². The Balaban J connectivity index is 2.43. The molecule has 0 bridgehead atoms. The van der Waals surface area contributed by atoms with Gasteiger partial charge in [-0.3, -0.25) is 9.69 Å². The zero-order valence-corrected chi connectivity index (χ0v) is 10.4. The summed E-state index contributed by atoms with van der Waals surface area (Å²) in [4.78, 5) is 26.1. The summed E-state index contributed by atoms with van der Waals surface area (Å²) >= 11 is 0. The van der Waals surface area contributed by atoms with Gasteiger partial charge in [0.25, 0.3) is 5.91 Å². The second-order valence-electron chi connectivity index (χ2n) is 4.12. The number of phenolic OH excluding ortho intramolecular Hbond substituents is 1. The summed E-state index contributed by atoms with van der Waals surface area (Å²) in [7, 11) is 4.43. The minimum atomic E-state index is -0.669. The maximum atomic E-state index is 12.0. The molecule has 1 atom stereocenters. The van der Waals surface area contributed by atoms with E-state index in [0.717, 1.165) is 4.90 Å². The first-order valence-corrected chi connectivity index (χ1v) is 5.38. The van der Waals surface area contributed by atoms with E-state index < -0.39 is 6.04 Å². The first-order chi connectivity index (χ1) is 8.47. The van der Waals surface area contributed by atoms with Crippen molar-refractivity contribution in [1.82, 2.24) is 9.80 Å². The van der Waals surface area contributed by atoms with Crippen molar-refractivity contribution in [2.24, 2.45) is 0 Å². The average molecular weight is 250 g/mol. The van der Waals surface area contributed by atoms with Crippen LogP contribution < -0.4 is 4.74 Å². The van der Waals surface area contributed by atoms with Crippen LogP contribution in [0.15, 0.2) is 18.2 Å². The van der Waals surface area contributed by atoms with E-state index in [0.29, 0.717) is 5.56 Å². The monoisotopic (exact) mass is 250 g/mol. The van der Waals surface area contributed by atoms with Gasteiger partial charge in [-0.2, -0.15) is 0 Å². The number of benzene rings is 1. The molecule has 18 heavy (non-hydrogen) atoms. The second-order valence-corrected chi connectivity index (χ2v) is 4.12. The first-order valence-electron chi connectivity index (χ1n) is 5.38. The van der Waals surface area contributed by atoms with Gasteiger partial charge in [-0.05, 0) is 17.7 Å². The Bertz CT molecular complexity index is 515. The van der Waals surface area contributed by atoms with Crippen LogP contribution in [0.5, 0.6) is 11.5 Å². The molecule has 3 amide bonds. The van der Waals surface area contributed by atoms with E-state index in [1.165, 1.54) is 25.1 Å². The molecule has 1 unspecified atom stereocenters. The third-order valence-corrected chi connectivity index (χ3v) is 3.06. The van der Waals surface area contributed by atoms with Gasteiger partial charge in [0.05, 0.1) is 7.11 Å². The Kier molecular flexibility index (Phi) is 2.86. The third-order valence-electron chi connectivity index (χ3n) is 3.06. The van der Waals surface area contributed by atoms with Crippen LogP contribution in [0.3, 0.4) is 0 Å². The zero-order valence-electron chi connectivity index (χ0n) is 10.4. The van der Waals surface area contributed by atoms with Gasteiger partial charge in [0, 0.05) is 14.1 Å². The fourth-order valence-corrected chi connectivity index (χ4v) is 2.02. The fraction of sp³-hybridized carbons (Fsp3) is 0.333. The van der Waals surface area contributed by atoms with E-state index in [9.17, 15) is 14.7 Å². The van der Waals surface area contributed by atoms with E-state index in [4.69, 9.17) is 4.74 Å². The largest absolute Gasteiger partial charge is 0.504 e. The summed E-state index contributed by atoms with van der Waals surface area (Å²) in [6.45, 7) is 0. The Morgan fingerprint density at radius 1 is 1.28 bits per heavy atom. The van der Waals surface area contributed by atoms with Crippen molar-refractivity contribution in [2.45, 2.75) is 6.04 Å². The lowest BCUT2D eigenvalue weighted by Crippen LogP contribution is -2.27. The molecule has 1 aromatic rings. The third kappa shape index (κ3) is 1.66. The van der Waals surface area contributed by atoms with Gasteiger partial charge in [0.1, 0.15) is 6.04 Å². The smallest absolute Gasteiger partial charge is 0.327 e. The number of ether oxygens (including phenoxy) is 1. The maximum absolute atomic E-state index is 12.0. The maximum Gasteiger partial charge on any atom is 0.327 e. The Morgan fingerprint density at radius 3 is 2.44 bits per heavy atom. The highest BCUT2D eigenvalue weighted by Crippen LogP contribution is 2.34. The molecule has 1 aliphatic heterocycles. The van der Waals surface area contributed by atoms with Gasteiger partial charge >= 0.3 is 6.03 Å². The van der Waals surface area contributed by atoms with Crippen molar-refractivity contribution in [3.63, 3.8) is 0 Å². The summed E-state index contributed by atoms with van der Waals surface area (Å²) in [5.74, 6) is -0.0278. The van der Waals surface area contributed by atoms with Crippen molar-refractivity contribution in [2.75, 3.05) is 21.2 Å². The van der Waals surface area contributed by atoms with Crippen LogP contribution in [-0.2, 0) is 4.79 Å². The number of imide groups is 1. The van der Waals surface area contributed by atoms with Crippen LogP contribution in [-0.4, -0.2) is 48.0 Å². The molecule has 6 nitrogen and oxygen atoms in total. The van der Waals surface area contributed by atoms with Crippen LogP contribution in [0.1, 0.15) is 11.6 Å². The molecule has 6 heteroatoms. The van der Waals surface area contributed by atoms with Crippen molar-refractivity contribution < 1.29 is 19.4 Å². The average Bonchev–Trinajstić information content (AvgIpc) is 2.55. The van der Waals surface area contributed by atoms with Gasteiger partial charge in [0.2, 0.25) is 0 Å². The second kappa shape index (κ2) is 4.21. The van der Waals surface area contributed by atoms with Crippen LogP contribution in [0.25, 0.3) is 0 Å². The molecule has 0 aromatic heterocycles. The van der Waals surface area contributed by atoms with Gasteiger partial charge in [0.15, 0.2) is 11.5 Å². The Labute approximate surface area is 104 Å². The van der Waals surface area contributed by atoms with E-state index in [-0.39, 0.29) is 23.4 Å². The molecule has 96 valence electrons. The predicted molar refractivity (Wildman–Crippen MR) is 63.3 cm³/mol. The summed E-state index contributed by atoms with van der Waals surface area (Å²) in [6.07, 6.45) is 0. The molecule has 1 heterocycles. The number of nitrogens with zero attached hydrogens (tertiary/aromatic N) is 2. The SMILES string of the molecule is COc1cc(C2C(=O)N(C)C(=O)N2C)ccc1O. The van der Waals surface area contributed by atoms with Gasteiger partial charge in [-0.15, -0.1) is 0 Å². The minimum Gasteiger partial charge on any atom is -0.504 e. The zero-order chi connectivity index (χ0) is 13.4. The number of amides is 3. The van der Waals surface area contributed by atoms with Gasteiger partial charge < -0.3 is 14.7 Å². The van der Waals surface area contributed by atoms with E-state index in [2.05, 4.69) is 0 Å².